The summed E-state index contributed by atoms with van der Waals surface area (Å²) < 4.78 is 0. The predicted octanol–water partition coefficient (Wildman–Crippen LogP) is 25.1. The van der Waals surface area contributed by atoms with Gasteiger partial charge in [0.1, 0.15) is 0 Å². The van der Waals surface area contributed by atoms with Gasteiger partial charge < -0.3 is 51.9 Å². The molecule has 2 amide bonds. The molecular formula is C95H190N8O3. The van der Waals surface area contributed by atoms with Crippen LogP contribution in [-0.2, 0) is 0 Å². The van der Waals surface area contributed by atoms with E-state index in [2.05, 4.69) is 120 Å². The van der Waals surface area contributed by atoms with E-state index in [0.29, 0.717) is 24.9 Å². The number of rotatable bonds is 88. The van der Waals surface area contributed by atoms with Gasteiger partial charge in [-0.15, -0.1) is 0 Å². The molecule has 628 valence electrons. The highest BCUT2D eigenvalue weighted by Crippen LogP contribution is 2.18. The van der Waals surface area contributed by atoms with E-state index in [1.165, 1.54) is 347 Å². The fraction of sp³-hybridized carbons (Fsp3) is 0.905. The molecule has 0 spiro atoms. The molecule has 4 atom stereocenters. The number of amides is 2. The van der Waals surface area contributed by atoms with Crippen molar-refractivity contribution in [2.45, 2.75) is 439 Å². The summed E-state index contributed by atoms with van der Waals surface area (Å²) in [5, 5.41) is 29.0. The number of hydrogen-bond donors (Lipinski definition) is 6. The van der Waals surface area contributed by atoms with Crippen LogP contribution in [-0.4, -0.2) is 153 Å². The Balaban J connectivity index is 5.50. The highest BCUT2D eigenvalue weighted by Gasteiger charge is 2.18. The lowest BCUT2D eigenvalue weighted by atomic mass is 10.1. The lowest BCUT2D eigenvalue weighted by molar-refractivity contribution is 0.104. The number of aliphatic hydroxyl groups is 2. The monoisotopic (exact) mass is 1490 g/mol. The Bertz CT molecular complexity index is 1710. The molecule has 0 radical (unpaired) electrons. The molecule has 106 heavy (non-hydrogen) atoms. The zero-order chi connectivity index (χ0) is 77.0. The largest absolute Gasteiger partial charge is 0.390 e. The number of nitrogens with two attached hydrogens (primary N) is 2. The molecule has 0 saturated carbocycles. The van der Waals surface area contributed by atoms with Crippen LogP contribution in [0.2, 0.25) is 0 Å². The number of nitrogens with one attached hydrogen (secondary N) is 2. The summed E-state index contributed by atoms with van der Waals surface area (Å²) >= 11 is 0. The normalized spacial score (nSPS) is 13.5. The van der Waals surface area contributed by atoms with Crippen molar-refractivity contribution in [1.29, 1.82) is 0 Å². The third-order valence-electron chi connectivity index (χ3n) is 22.2. The Morgan fingerprint density at radius 1 is 0.264 bits per heavy atom. The second-order valence-electron chi connectivity index (χ2n) is 33.4. The summed E-state index contributed by atoms with van der Waals surface area (Å²) in [6.45, 7) is 27.1. The van der Waals surface area contributed by atoms with Crippen molar-refractivity contribution in [2.24, 2.45) is 23.3 Å². The summed E-state index contributed by atoms with van der Waals surface area (Å²) in [6.07, 6.45) is 96.1. The standard InChI is InChI=1S/C95H190N8O3/c1-7-11-15-19-23-27-31-35-39-43-47-51-55-59-63-67-75-100(87-91(5)83-96)79-71-73-81-102(77-69-65-61-57-53-49-45-41-37-33-29-25-21-17-13-9-3)89-93(104)85-98-95(106)99-86-94(105)90-103(78-70-66-62-58-54-50-46-42-38-34-30-26-22-18-14-10-4)82-74-72-80-101(88-92(6)84-97)76-68-64-60-56-52-48-44-40-36-32-28-24-20-16-12-8-2/h35-42,91-94,104-105H,7-34,43-90,96-97H2,1-6H3,(H2,98,99,106)/b39-35+,40-36?,41-37?,42-38?. The lowest BCUT2D eigenvalue weighted by Crippen LogP contribution is -2.47. The van der Waals surface area contributed by atoms with Crippen LogP contribution in [0.3, 0.4) is 0 Å². The molecule has 0 aromatic rings. The zero-order valence-corrected chi connectivity index (χ0v) is 72.4. The van der Waals surface area contributed by atoms with E-state index < -0.39 is 12.2 Å². The SMILES string of the molecule is CCCCCCCCC=CCCCCCCCCN(CCCCN(CCCCCCCCC=CCCCCCCCC)CC(O)CNC(=O)NCC(O)CN(CCCCCCCCC=CCCCCCCCC)CCCCN(CCCCCCCC/C=C/CCCCCCCC)CC(C)CN)CC(C)CN. The first-order valence-corrected chi connectivity index (χ1v) is 47.4. The topological polar surface area (TPSA) is 147 Å². The molecule has 0 aliphatic heterocycles. The fourth-order valence-corrected chi connectivity index (χ4v) is 15.1. The molecule has 11 nitrogen and oxygen atoms in total. The summed E-state index contributed by atoms with van der Waals surface area (Å²) in [5.74, 6) is 0.976. The van der Waals surface area contributed by atoms with Crippen molar-refractivity contribution < 1.29 is 15.0 Å². The van der Waals surface area contributed by atoms with Gasteiger partial charge >= 0.3 is 6.03 Å². The van der Waals surface area contributed by atoms with E-state index in [1.54, 1.807) is 0 Å². The Morgan fingerprint density at radius 2 is 0.425 bits per heavy atom. The van der Waals surface area contributed by atoms with E-state index in [-0.39, 0.29) is 19.1 Å². The molecule has 0 fully saturated rings. The number of nitrogens with zero attached hydrogens (tertiary/aromatic N) is 4. The zero-order valence-electron chi connectivity index (χ0n) is 72.4. The smallest absolute Gasteiger partial charge is 0.314 e. The van der Waals surface area contributed by atoms with E-state index >= 15 is 0 Å². The van der Waals surface area contributed by atoms with Crippen molar-refractivity contribution in [3.63, 3.8) is 0 Å². The molecule has 11 heteroatoms. The average molecular weight is 1490 g/mol. The first-order valence-electron chi connectivity index (χ1n) is 47.4. The molecule has 0 aromatic carbocycles. The minimum absolute atomic E-state index is 0.188. The molecule has 0 aliphatic rings. The minimum Gasteiger partial charge on any atom is -0.390 e. The Labute approximate surface area is 663 Å². The molecule has 4 unspecified atom stereocenters. The first-order chi connectivity index (χ1) is 52.1. The molecule has 0 saturated heterocycles. The van der Waals surface area contributed by atoms with E-state index in [0.717, 1.165) is 117 Å². The average Bonchev–Trinajstić information content (AvgIpc) is 1.07. The second-order valence-corrected chi connectivity index (χ2v) is 33.4. The maximum absolute atomic E-state index is 13.4. The van der Waals surface area contributed by atoms with Gasteiger partial charge in [0.05, 0.1) is 12.2 Å². The van der Waals surface area contributed by atoms with Crippen molar-refractivity contribution in [2.75, 3.05) is 105 Å². The van der Waals surface area contributed by atoms with Gasteiger partial charge in [0.2, 0.25) is 0 Å². The van der Waals surface area contributed by atoms with Crippen molar-refractivity contribution in [1.82, 2.24) is 30.2 Å². The van der Waals surface area contributed by atoms with Crippen molar-refractivity contribution in [3.8, 4) is 0 Å². The highest BCUT2D eigenvalue weighted by atomic mass is 16.3. The highest BCUT2D eigenvalue weighted by molar-refractivity contribution is 5.73. The van der Waals surface area contributed by atoms with Gasteiger partial charge in [0, 0.05) is 39.3 Å². The summed E-state index contributed by atoms with van der Waals surface area (Å²) in [7, 11) is 0. The maximum Gasteiger partial charge on any atom is 0.314 e. The summed E-state index contributed by atoms with van der Waals surface area (Å²) in [6, 6.07) is -0.320. The molecular weight excluding hydrogens is 1300 g/mol. The van der Waals surface area contributed by atoms with Crippen LogP contribution < -0.4 is 22.1 Å². The van der Waals surface area contributed by atoms with E-state index in [9.17, 15) is 15.0 Å². The Kier molecular flexibility index (Phi) is 85.2. The molecule has 8 N–H and O–H groups in total. The number of aliphatic hydroxyl groups excluding tert-OH is 2. The van der Waals surface area contributed by atoms with E-state index in [1.807, 2.05) is 0 Å². The summed E-state index contributed by atoms with van der Waals surface area (Å²) in [5.41, 5.74) is 12.4. The quantitative estimate of drug-likeness (QED) is 0.0259. The number of carbonyl (C=O) groups is 1. The van der Waals surface area contributed by atoms with Crippen LogP contribution >= 0.6 is 0 Å². The van der Waals surface area contributed by atoms with Crippen LogP contribution in [0.5, 0.6) is 0 Å². The number of urea groups is 1. The van der Waals surface area contributed by atoms with Crippen molar-refractivity contribution in [3.05, 3.63) is 48.6 Å². The number of hydrogen-bond acceptors (Lipinski definition) is 9. The van der Waals surface area contributed by atoms with Crippen LogP contribution in [0.1, 0.15) is 427 Å². The van der Waals surface area contributed by atoms with Gasteiger partial charge in [0.15, 0.2) is 0 Å². The molecule has 0 rings (SSSR count). The third-order valence-corrected chi connectivity index (χ3v) is 22.2. The molecule has 0 bridgehead atoms. The van der Waals surface area contributed by atoms with Gasteiger partial charge in [-0.1, -0.05) is 321 Å². The Hall–Kier alpha value is -2.09. The predicted molar refractivity (Wildman–Crippen MR) is 472 cm³/mol. The second kappa shape index (κ2) is 86.9. The minimum atomic E-state index is -0.675. The van der Waals surface area contributed by atoms with E-state index in [4.69, 9.17) is 11.5 Å². The van der Waals surface area contributed by atoms with Crippen LogP contribution in [0, 0.1) is 11.8 Å². The van der Waals surface area contributed by atoms with Gasteiger partial charge in [-0.25, -0.2) is 4.79 Å². The van der Waals surface area contributed by atoms with Crippen LogP contribution in [0.25, 0.3) is 0 Å². The summed E-state index contributed by atoms with van der Waals surface area (Å²) in [4.78, 5) is 23.7. The molecule has 0 aromatic heterocycles. The molecule has 0 heterocycles. The number of allylic oxidation sites excluding steroid dienone is 8. The third kappa shape index (κ3) is 80.0. The van der Waals surface area contributed by atoms with Crippen molar-refractivity contribution >= 4 is 6.03 Å². The van der Waals surface area contributed by atoms with Gasteiger partial charge in [-0.3, -0.25) is 0 Å². The van der Waals surface area contributed by atoms with Crippen LogP contribution in [0.15, 0.2) is 48.6 Å². The number of unbranched alkanes of at least 4 members (excludes halogenated alkanes) is 50. The van der Waals surface area contributed by atoms with Crippen LogP contribution in [0.4, 0.5) is 4.79 Å². The molecule has 0 aliphatic carbocycles. The Morgan fingerprint density at radius 3 is 0.613 bits per heavy atom. The van der Waals surface area contributed by atoms with Gasteiger partial charge in [-0.2, -0.15) is 0 Å². The fourth-order valence-electron chi connectivity index (χ4n) is 15.1. The number of carbonyl (C=O) groups excluding carboxylic acids is 1. The lowest BCUT2D eigenvalue weighted by Gasteiger charge is -2.28. The van der Waals surface area contributed by atoms with Gasteiger partial charge in [-0.05, 0) is 231 Å². The maximum atomic E-state index is 13.4. The van der Waals surface area contributed by atoms with Gasteiger partial charge in [0.25, 0.3) is 0 Å². The first kappa shape index (κ1) is 104.